The minimum Gasteiger partial charge on any atom is -0.489 e. The lowest BCUT2D eigenvalue weighted by Crippen LogP contribution is -2.11. The molecule has 1 aromatic carbocycles. The molecule has 1 N–H and O–H groups in total. The number of aromatic nitrogens is 2. The minimum absolute atomic E-state index is 0.240. The highest BCUT2D eigenvalue weighted by Crippen LogP contribution is 2.26. The van der Waals surface area contributed by atoms with Crippen LogP contribution in [0, 0.1) is 18.7 Å². The Labute approximate surface area is 169 Å². The summed E-state index contributed by atoms with van der Waals surface area (Å²) in [5.41, 5.74) is 1.64. The molecule has 0 atom stereocenters. The van der Waals surface area contributed by atoms with E-state index in [1.807, 2.05) is 6.92 Å². The number of nitrogens with zero attached hydrogens (tertiary/aromatic N) is 2. The molecule has 0 saturated carbocycles. The van der Waals surface area contributed by atoms with Crippen molar-refractivity contribution in [3.05, 3.63) is 46.5 Å². The molecule has 28 heavy (non-hydrogen) atoms. The molecular weight excluding hydrogens is 385 g/mol. The van der Waals surface area contributed by atoms with Gasteiger partial charge in [0.15, 0.2) is 0 Å². The van der Waals surface area contributed by atoms with E-state index in [2.05, 4.69) is 24.3 Å². The van der Waals surface area contributed by atoms with Crippen LogP contribution in [0.15, 0.2) is 24.3 Å². The van der Waals surface area contributed by atoms with Crippen molar-refractivity contribution in [1.29, 1.82) is 0 Å². The van der Waals surface area contributed by atoms with Gasteiger partial charge in [-0.05, 0) is 31.1 Å². The zero-order valence-corrected chi connectivity index (χ0v) is 17.2. The zero-order valence-electron chi connectivity index (χ0n) is 16.5. The molecule has 0 unspecified atom stereocenters. The Kier molecular flexibility index (Phi) is 8.02. The number of benzene rings is 1. The van der Waals surface area contributed by atoms with Crippen molar-refractivity contribution in [3.63, 3.8) is 0 Å². The van der Waals surface area contributed by atoms with Gasteiger partial charge in [0.1, 0.15) is 23.3 Å². The second kappa shape index (κ2) is 10.2. The van der Waals surface area contributed by atoms with E-state index in [0.717, 1.165) is 5.69 Å². The summed E-state index contributed by atoms with van der Waals surface area (Å²) in [7, 11) is 1.55. The monoisotopic (exact) mass is 409 g/mol. The van der Waals surface area contributed by atoms with Crippen molar-refractivity contribution < 1.29 is 18.7 Å². The Morgan fingerprint density at radius 2 is 2.14 bits per heavy atom. The summed E-state index contributed by atoms with van der Waals surface area (Å²) in [6, 6.07) is 3.92. The summed E-state index contributed by atoms with van der Waals surface area (Å²) in [4.78, 5) is 12.3. The van der Waals surface area contributed by atoms with Crippen LogP contribution in [0.4, 0.5) is 10.1 Å². The largest absolute Gasteiger partial charge is 0.489 e. The average Bonchev–Trinajstić information content (AvgIpc) is 2.88. The molecule has 0 aliphatic rings. The molecule has 0 aliphatic carbocycles. The first-order chi connectivity index (χ1) is 13.3. The van der Waals surface area contributed by atoms with Gasteiger partial charge in [0, 0.05) is 31.4 Å². The summed E-state index contributed by atoms with van der Waals surface area (Å²) in [5, 5.41) is 7.50. The summed E-state index contributed by atoms with van der Waals surface area (Å²) < 4.78 is 25.7. The van der Waals surface area contributed by atoms with Crippen LogP contribution in [0.3, 0.4) is 0 Å². The fourth-order valence-electron chi connectivity index (χ4n) is 2.52. The summed E-state index contributed by atoms with van der Waals surface area (Å²) >= 11 is 6.37. The van der Waals surface area contributed by atoms with E-state index in [-0.39, 0.29) is 12.3 Å². The molecule has 1 amide bonds. The number of hydrogen-bond donors (Lipinski definition) is 1. The Morgan fingerprint density at radius 3 is 2.82 bits per heavy atom. The van der Waals surface area contributed by atoms with E-state index in [1.54, 1.807) is 17.9 Å². The van der Waals surface area contributed by atoms with Crippen LogP contribution in [0.25, 0.3) is 6.08 Å². The molecule has 0 aliphatic heterocycles. The normalized spacial score (nSPS) is 11.4. The number of anilines is 1. The second-order valence-corrected chi connectivity index (χ2v) is 7.03. The standard InChI is InChI=1S/C20H25ClFN3O3/c1-13(2)12-25-20(21)16(14(3)24-25)6-8-19(26)23-17-11-15(22)5-7-18(17)28-10-9-27-4/h5-8,11,13H,9-10,12H2,1-4H3,(H,23,26). The summed E-state index contributed by atoms with van der Waals surface area (Å²) in [6.45, 7) is 7.32. The van der Waals surface area contributed by atoms with Crippen LogP contribution in [-0.4, -0.2) is 36.0 Å². The maximum Gasteiger partial charge on any atom is 0.248 e. The van der Waals surface area contributed by atoms with E-state index in [1.165, 1.54) is 24.3 Å². The number of methoxy groups -OCH3 is 1. The van der Waals surface area contributed by atoms with E-state index in [9.17, 15) is 9.18 Å². The number of hydrogen-bond acceptors (Lipinski definition) is 4. The fourth-order valence-corrected chi connectivity index (χ4v) is 2.82. The average molecular weight is 410 g/mol. The third kappa shape index (κ3) is 6.07. The van der Waals surface area contributed by atoms with Gasteiger partial charge in [-0.15, -0.1) is 0 Å². The summed E-state index contributed by atoms with van der Waals surface area (Å²) in [6.07, 6.45) is 2.93. The van der Waals surface area contributed by atoms with Gasteiger partial charge in [-0.1, -0.05) is 25.4 Å². The van der Waals surface area contributed by atoms with Crippen molar-refractivity contribution in [3.8, 4) is 5.75 Å². The lowest BCUT2D eigenvalue weighted by molar-refractivity contribution is -0.111. The maximum absolute atomic E-state index is 13.6. The Bertz CT molecular complexity index is 849. The SMILES string of the molecule is COCCOc1ccc(F)cc1NC(=O)C=Cc1c(C)nn(CC(C)C)c1Cl. The molecule has 0 fully saturated rings. The first kappa shape index (κ1) is 21.9. The van der Waals surface area contributed by atoms with E-state index < -0.39 is 11.7 Å². The first-order valence-corrected chi connectivity index (χ1v) is 9.32. The molecule has 2 rings (SSSR count). The maximum atomic E-state index is 13.6. The van der Waals surface area contributed by atoms with Gasteiger partial charge in [-0.25, -0.2) is 4.39 Å². The van der Waals surface area contributed by atoms with E-state index >= 15 is 0 Å². The fraction of sp³-hybridized carbons (Fsp3) is 0.400. The highest BCUT2D eigenvalue weighted by atomic mass is 35.5. The van der Waals surface area contributed by atoms with Gasteiger partial charge in [-0.2, -0.15) is 5.10 Å². The molecule has 1 aromatic heterocycles. The van der Waals surface area contributed by atoms with E-state index in [4.69, 9.17) is 21.1 Å². The predicted molar refractivity (Wildman–Crippen MR) is 108 cm³/mol. The smallest absolute Gasteiger partial charge is 0.248 e. The molecule has 0 spiro atoms. The van der Waals surface area contributed by atoms with Crippen LogP contribution in [-0.2, 0) is 16.1 Å². The second-order valence-electron chi connectivity index (χ2n) is 6.67. The van der Waals surface area contributed by atoms with Crippen LogP contribution in [0.5, 0.6) is 5.75 Å². The number of ether oxygens (including phenoxy) is 2. The van der Waals surface area contributed by atoms with Crippen LogP contribution in [0.2, 0.25) is 5.15 Å². The van der Waals surface area contributed by atoms with Crippen LogP contribution >= 0.6 is 11.6 Å². The van der Waals surface area contributed by atoms with Crippen molar-refractivity contribution in [2.75, 3.05) is 25.6 Å². The number of halogens is 2. The van der Waals surface area contributed by atoms with Crippen LogP contribution in [0.1, 0.15) is 25.1 Å². The van der Waals surface area contributed by atoms with Gasteiger partial charge in [-0.3, -0.25) is 9.48 Å². The number of carbonyl (C=O) groups excluding carboxylic acids is 1. The molecule has 0 saturated heterocycles. The summed E-state index contributed by atoms with van der Waals surface area (Å²) in [5.74, 6) is -0.165. The zero-order chi connectivity index (χ0) is 20.7. The van der Waals surface area contributed by atoms with Crippen molar-refractivity contribution >= 4 is 29.3 Å². The highest BCUT2D eigenvalue weighted by Gasteiger charge is 2.13. The number of amides is 1. The third-order valence-corrected chi connectivity index (χ3v) is 4.19. The number of aryl methyl sites for hydroxylation is 1. The van der Waals surface area contributed by atoms with Gasteiger partial charge >= 0.3 is 0 Å². The van der Waals surface area contributed by atoms with Crippen molar-refractivity contribution in [2.45, 2.75) is 27.3 Å². The van der Waals surface area contributed by atoms with Crippen LogP contribution < -0.4 is 10.1 Å². The lowest BCUT2D eigenvalue weighted by Gasteiger charge is -2.11. The molecule has 8 heteroatoms. The predicted octanol–water partition coefficient (Wildman–Crippen LogP) is 4.32. The molecular formula is C20H25ClFN3O3. The topological polar surface area (TPSA) is 65.4 Å². The van der Waals surface area contributed by atoms with Gasteiger partial charge < -0.3 is 14.8 Å². The number of rotatable bonds is 9. The van der Waals surface area contributed by atoms with Crippen molar-refractivity contribution in [2.24, 2.45) is 5.92 Å². The third-order valence-electron chi connectivity index (χ3n) is 3.79. The molecule has 2 aromatic rings. The van der Waals surface area contributed by atoms with E-state index in [0.29, 0.717) is 35.5 Å². The van der Waals surface area contributed by atoms with Gasteiger partial charge in [0.25, 0.3) is 0 Å². The highest BCUT2D eigenvalue weighted by molar-refractivity contribution is 6.31. The first-order valence-electron chi connectivity index (χ1n) is 8.95. The molecule has 0 bridgehead atoms. The quantitative estimate of drug-likeness (QED) is 0.495. The lowest BCUT2D eigenvalue weighted by atomic mass is 10.2. The van der Waals surface area contributed by atoms with Gasteiger partial charge in [0.05, 0.1) is 18.0 Å². The number of carbonyl (C=O) groups is 1. The number of nitrogens with one attached hydrogen (secondary N) is 1. The van der Waals surface area contributed by atoms with Crippen molar-refractivity contribution in [1.82, 2.24) is 9.78 Å². The Morgan fingerprint density at radius 1 is 1.39 bits per heavy atom. The van der Waals surface area contributed by atoms with Gasteiger partial charge in [0.2, 0.25) is 5.91 Å². The molecule has 152 valence electrons. The Balaban J connectivity index is 2.12. The molecule has 1 heterocycles. The Hall–Kier alpha value is -2.38. The minimum atomic E-state index is -0.479. The molecule has 6 nitrogen and oxygen atoms in total. The molecule has 0 radical (unpaired) electrons.